The smallest absolute Gasteiger partial charge is 0.160 e. The lowest BCUT2D eigenvalue weighted by atomic mass is 9.64. The molecule has 12 rings (SSSR count). The van der Waals surface area contributed by atoms with Crippen LogP contribution in [0.5, 0.6) is 11.5 Å². The zero-order valence-corrected chi connectivity index (χ0v) is 34.0. The van der Waals surface area contributed by atoms with Crippen molar-refractivity contribution in [3.05, 3.63) is 246 Å². The first-order valence-electron chi connectivity index (χ1n) is 21.4. The predicted octanol–water partition coefficient (Wildman–Crippen LogP) is 15.0. The van der Waals surface area contributed by atoms with Gasteiger partial charge in [0.05, 0.1) is 16.8 Å². The second-order valence-electron chi connectivity index (χ2n) is 16.4. The third-order valence-corrected chi connectivity index (χ3v) is 12.9. The molecule has 1 spiro atoms. The summed E-state index contributed by atoms with van der Waals surface area (Å²) in [6, 6.07) is 73.5. The highest BCUT2D eigenvalue weighted by Gasteiger charge is 2.52. The second-order valence-corrected chi connectivity index (χ2v) is 16.4. The molecule has 8 aromatic carbocycles. The summed E-state index contributed by atoms with van der Waals surface area (Å²) in [5, 5.41) is 0. The quantitative estimate of drug-likeness (QED) is 0.168. The minimum Gasteiger partial charge on any atom is -0.457 e. The molecule has 0 bridgehead atoms. The van der Waals surface area contributed by atoms with Crippen LogP contribution in [0.1, 0.15) is 35.1 Å². The Hall–Kier alpha value is -7.88. The molecule has 0 amide bonds. The average molecular weight is 793 g/mol. The lowest BCUT2D eigenvalue weighted by Crippen LogP contribution is -2.33. The van der Waals surface area contributed by atoms with Crippen molar-refractivity contribution in [1.29, 1.82) is 0 Å². The Labute approximate surface area is 362 Å². The van der Waals surface area contributed by atoms with E-state index < -0.39 is 5.41 Å². The maximum absolute atomic E-state index is 6.73. The third-order valence-electron chi connectivity index (χ3n) is 12.9. The number of para-hydroxylation sites is 1. The summed E-state index contributed by atoms with van der Waals surface area (Å²) < 4.78 is 6.73. The van der Waals surface area contributed by atoms with Crippen LogP contribution in [-0.2, 0) is 5.41 Å². The van der Waals surface area contributed by atoms with Gasteiger partial charge in [-0.3, -0.25) is 0 Å². The number of fused-ring (bicyclic) bond motifs is 8. The monoisotopic (exact) mass is 792 g/mol. The molecule has 0 fully saturated rings. The van der Waals surface area contributed by atoms with Gasteiger partial charge < -0.3 is 4.74 Å². The third kappa shape index (κ3) is 5.89. The lowest BCUT2D eigenvalue weighted by Gasteiger charge is -2.41. The number of rotatable bonds is 6. The van der Waals surface area contributed by atoms with Crippen LogP contribution in [0.15, 0.2) is 224 Å². The molecule has 0 radical (unpaired) electrons. The minimum atomic E-state index is -0.430. The van der Waals surface area contributed by atoms with E-state index >= 15 is 0 Å². The Morgan fingerprint density at radius 2 is 0.919 bits per heavy atom. The predicted molar refractivity (Wildman–Crippen MR) is 253 cm³/mol. The Morgan fingerprint density at radius 1 is 0.387 bits per heavy atom. The van der Waals surface area contributed by atoms with Crippen molar-refractivity contribution in [2.75, 3.05) is 0 Å². The molecule has 1 aliphatic heterocycles. The topological polar surface area (TPSA) is 35.0 Å². The van der Waals surface area contributed by atoms with E-state index in [1.165, 1.54) is 39.0 Å². The van der Waals surface area contributed by atoms with Gasteiger partial charge >= 0.3 is 0 Å². The highest BCUT2D eigenvalue weighted by atomic mass is 16.5. The van der Waals surface area contributed by atoms with Crippen LogP contribution in [0.3, 0.4) is 0 Å². The van der Waals surface area contributed by atoms with Crippen LogP contribution in [0.4, 0.5) is 0 Å². The van der Waals surface area contributed by atoms with Gasteiger partial charge in [0.25, 0.3) is 0 Å². The number of aromatic nitrogens is 2. The molecule has 62 heavy (non-hydrogen) atoms. The molecule has 3 heteroatoms. The van der Waals surface area contributed by atoms with Gasteiger partial charge in [-0.25, -0.2) is 9.97 Å². The molecule has 1 unspecified atom stereocenters. The lowest BCUT2D eigenvalue weighted by molar-refractivity contribution is 0.432. The number of hydrogen-bond donors (Lipinski definition) is 0. The van der Waals surface area contributed by atoms with Gasteiger partial charge in [-0.2, -0.15) is 0 Å². The minimum absolute atomic E-state index is 0.430. The Morgan fingerprint density at radius 3 is 1.68 bits per heavy atom. The van der Waals surface area contributed by atoms with E-state index in [4.69, 9.17) is 14.7 Å². The van der Waals surface area contributed by atoms with Crippen molar-refractivity contribution in [2.45, 2.75) is 18.3 Å². The molecule has 2 heterocycles. The van der Waals surface area contributed by atoms with Crippen LogP contribution in [0.2, 0.25) is 0 Å². The molecule has 292 valence electrons. The number of nitrogens with zero attached hydrogens (tertiary/aromatic N) is 2. The summed E-state index contributed by atoms with van der Waals surface area (Å²) in [6.45, 7) is 0. The van der Waals surface area contributed by atoms with Gasteiger partial charge in [0.1, 0.15) is 11.5 Å². The molecule has 9 aromatic rings. The maximum Gasteiger partial charge on any atom is 0.160 e. The van der Waals surface area contributed by atoms with E-state index in [0.29, 0.717) is 5.82 Å². The van der Waals surface area contributed by atoms with Crippen molar-refractivity contribution in [2.24, 2.45) is 0 Å². The highest BCUT2D eigenvalue weighted by molar-refractivity contribution is 5.93. The molecule has 0 saturated carbocycles. The second kappa shape index (κ2) is 14.7. The summed E-state index contributed by atoms with van der Waals surface area (Å²) in [5.41, 5.74) is 19.1. The van der Waals surface area contributed by atoms with Crippen LogP contribution in [0, 0.1) is 0 Å². The average Bonchev–Trinajstić information content (AvgIpc) is 3.65. The van der Waals surface area contributed by atoms with E-state index in [1.807, 2.05) is 6.07 Å². The molecule has 2 aliphatic carbocycles. The van der Waals surface area contributed by atoms with Crippen LogP contribution in [-0.4, -0.2) is 9.97 Å². The zero-order valence-electron chi connectivity index (χ0n) is 34.0. The fourth-order valence-electron chi connectivity index (χ4n) is 10.0. The first-order valence-corrected chi connectivity index (χ1v) is 21.4. The number of hydrogen-bond acceptors (Lipinski definition) is 3. The first kappa shape index (κ1) is 36.0. The van der Waals surface area contributed by atoms with Crippen molar-refractivity contribution < 1.29 is 4.74 Å². The molecule has 3 nitrogen and oxygen atoms in total. The summed E-state index contributed by atoms with van der Waals surface area (Å²) in [4.78, 5) is 10.5. The van der Waals surface area contributed by atoms with Gasteiger partial charge in [-0.1, -0.05) is 182 Å². The molecular formula is C59H40N2O. The van der Waals surface area contributed by atoms with Crippen molar-refractivity contribution in [3.8, 4) is 78.8 Å². The summed E-state index contributed by atoms with van der Waals surface area (Å²) in [7, 11) is 0. The standard InChI is InChI=1S/C59H40N2O/c1-3-15-39(16-4-1)43-19-13-21-46(35-43)55-38-54(60-58(61-55)47-22-14-20-44(36-47)40-17-5-2-6-18-40)42-31-29-41(30-32-42)45-33-34-57-53(37-45)59(52-27-11-12-28-56(52)62-57)50-25-9-7-23-48(50)49-24-8-10-26-51(49)59/h1-9,11-25,27-38H,10,26H2. The zero-order chi connectivity index (χ0) is 41.0. The maximum atomic E-state index is 6.73. The summed E-state index contributed by atoms with van der Waals surface area (Å²) in [6.07, 6.45) is 6.70. The number of benzene rings is 8. The first-order chi connectivity index (χ1) is 30.7. The molecular weight excluding hydrogens is 753 g/mol. The van der Waals surface area contributed by atoms with Gasteiger partial charge in [0.15, 0.2) is 5.82 Å². The molecule has 0 N–H and O–H groups in total. The fraction of sp³-hybridized carbons (Fsp3) is 0.0508. The van der Waals surface area contributed by atoms with Crippen LogP contribution < -0.4 is 4.74 Å². The van der Waals surface area contributed by atoms with Gasteiger partial charge in [-0.15, -0.1) is 0 Å². The van der Waals surface area contributed by atoms with E-state index in [-0.39, 0.29) is 0 Å². The molecule has 3 aliphatic rings. The van der Waals surface area contributed by atoms with Gasteiger partial charge in [-0.05, 0) is 105 Å². The summed E-state index contributed by atoms with van der Waals surface area (Å²) in [5.74, 6) is 2.53. The van der Waals surface area contributed by atoms with Crippen molar-refractivity contribution in [1.82, 2.24) is 9.97 Å². The van der Waals surface area contributed by atoms with Crippen molar-refractivity contribution >= 4 is 5.57 Å². The van der Waals surface area contributed by atoms with Gasteiger partial charge in [0, 0.05) is 27.8 Å². The molecule has 1 atom stereocenters. The molecule has 1 aromatic heterocycles. The van der Waals surface area contributed by atoms with E-state index in [9.17, 15) is 0 Å². The number of allylic oxidation sites excluding steroid dienone is 4. The fourth-order valence-corrected chi connectivity index (χ4v) is 10.0. The summed E-state index contributed by atoms with van der Waals surface area (Å²) >= 11 is 0. The number of ether oxygens (including phenoxy) is 1. The van der Waals surface area contributed by atoms with E-state index in [0.717, 1.165) is 80.2 Å². The highest BCUT2D eigenvalue weighted by Crippen LogP contribution is 2.63. The Bertz CT molecular complexity index is 3150. The normalized spacial score (nSPS) is 15.7. The Kier molecular flexibility index (Phi) is 8.53. The van der Waals surface area contributed by atoms with Crippen LogP contribution >= 0.6 is 0 Å². The van der Waals surface area contributed by atoms with Gasteiger partial charge in [0.2, 0.25) is 0 Å². The van der Waals surface area contributed by atoms with Crippen molar-refractivity contribution in [3.63, 3.8) is 0 Å². The molecule has 0 saturated heterocycles. The van der Waals surface area contributed by atoms with E-state index in [2.05, 4.69) is 212 Å². The van der Waals surface area contributed by atoms with Crippen LogP contribution in [0.25, 0.3) is 72.9 Å². The Balaban J connectivity index is 0.969. The SMILES string of the molecule is C1=CC2=C(CC1)C1(c3ccccc3Oc3ccc(-c4ccc(-c5cc(-c6cccc(-c7ccccc7)c6)nc(-c6cccc(-c7ccccc7)c6)n5)cc4)cc31)c1ccccc12. The largest absolute Gasteiger partial charge is 0.457 e. The van der Waals surface area contributed by atoms with E-state index in [1.54, 1.807) is 0 Å².